The van der Waals surface area contributed by atoms with Gasteiger partial charge < -0.3 is 10.2 Å². The van der Waals surface area contributed by atoms with E-state index >= 15 is 0 Å². The maximum atomic E-state index is 12.9. The first-order valence-electron chi connectivity index (χ1n) is 7.84. The van der Waals surface area contributed by atoms with Gasteiger partial charge in [0, 0.05) is 23.8 Å². The maximum absolute atomic E-state index is 12.9. The van der Waals surface area contributed by atoms with Crippen LogP contribution in [0.2, 0.25) is 0 Å². The molecule has 0 aliphatic carbocycles. The Labute approximate surface area is 144 Å². The number of nitrogens with one attached hydrogen (secondary N) is 1. The van der Waals surface area contributed by atoms with Crippen LogP contribution in [0.1, 0.15) is 22.5 Å². The number of aryl methyl sites for hydroxylation is 1. The maximum Gasteiger partial charge on any atom is 0.277 e. The van der Waals surface area contributed by atoms with Crippen molar-refractivity contribution in [2.24, 2.45) is 0 Å². The Morgan fingerprint density at radius 1 is 1.17 bits per heavy atom. The lowest BCUT2D eigenvalue weighted by atomic mass is 10.0. The predicted octanol–water partition coefficient (Wildman–Crippen LogP) is 3.87. The highest BCUT2D eigenvalue weighted by Gasteiger charge is 2.25. The van der Waals surface area contributed by atoms with Crippen molar-refractivity contribution < 1.29 is 4.79 Å². The molecule has 0 radical (unpaired) electrons. The number of carbonyl (C=O) groups is 1. The third-order valence-electron chi connectivity index (χ3n) is 3.98. The van der Waals surface area contributed by atoms with Crippen LogP contribution in [0.5, 0.6) is 0 Å². The first-order valence-corrected chi connectivity index (χ1v) is 8.72. The monoisotopic (exact) mass is 336 g/mol. The third kappa shape index (κ3) is 2.88. The van der Waals surface area contributed by atoms with Crippen molar-refractivity contribution in [3.05, 3.63) is 65.3 Å². The lowest BCUT2D eigenvalue weighted by Gasteiger charge is -2.28. The number of nitrogens with zero attached hydrogens (tertiary/aromatic N) is 3. The Morgan fingerprint density at radius 2 is 2.04 bits per heavy atom. The summed E-state index contributed by atoms with van der Waals surface area (Å²) >= 11 is 1.41. The average molecular weight is 336 g/mol. The summed E-state index contributed by atoms with van der Waals surface area (Å²) in [6, 6.07) is 13.7. The number of thiazole rings is 1. The van der Waals surface area contributed by atoms with Crippen LogP contribution in [0.15, 0.2) is 54.0 Å². The molecule has 120 valence electrons. The van der Waals surface area contributed by atoms with Gasteiger partial charge in [-0.25, -0.2) is 9.97 Å². The first-order chi connectivity index (χ1) is 11.8. The predicted molar refractivity (Wildman–Crippen MR) is 96.1 cm³/mol. The Balaban J connectivity index is 1.56. The zero-order valence-corrected chi connectivity index (χ0v) is 13.8. The zero-order chi connectivity index (χ0) is 16.4. The van der Waals surface area contributed by atoms with Crippen LogP contribution in [0.4, 0.5) is 16.6 Å². The third-order valence-corrected chi connectivity index (χ3v) is 4.74. The van der Waals surface area contributed by atoms with Gasteiger partial charge in [0.1, 0.15) is 11.5 Å². The van der Waals surface area contributed by atoms with Crippen LogP contribution in [-0.4, -0.2) is 22.4 Å². The lowest BCUT2D eigenvalue weighted by Crippen LogP contribution is -2.35. The number of anilines is 3. The van der Waals surface area contributed by atoms with Crippen LogP contribution in [0, 0.1) is 0 Å². The molecule has 1 N–H and O–H groups in total. The van der Waals surface area contributed by atoms with E-state index < -0.39 is 0 Å². The van der Waals surface area contributed by atoms with Crippen LogP contribution >= 0.6 is 11.3 Å². The highest BCUT2D eigenvalue weighted by Crippen LogP contribution is 2.29. The van der Waals surface area contributed by atoms with E-state index in [-0.39, 0.29) is 5.91 Å². The van der Waals surface area contributed by atoms with Crippen molar-refractivity contribution >= 4 is 33.9 Å². The second kappa shape index (κ2) is 6.41. The Kier molecular flexibility index (Phi) is 3.96. The van der Waals surface area contributed by atoms with E-state index in [0.717, 1.165) is 25.1 Å². The number of aromatic nitrogens is 2. The summed E-state index contributed by atoms with van der Waals surface area (Å²) in [5, 5.41) is 5.59. The van der Waals surface area contributed by atoms with Crippen molar-refractivity contribution in [1.29, 1.82) is 0 Å². The molecule has 0 bridgehead atoms. The molecule has 1 amide bonds. The molecular weight excluding hydrogens is 320 g/mol. The van der Waals surface area contributed by atoms with Gasteiger partial charge in [0.2, 0.25) is 0 Å². The summed E-state index contributed by atoms with van der Waals surface area (Å²) in [4.78, 5) is 23.3. The van der Waals surface area contributed by atoms with Gasteiger partial charge in [-0.05, 0) is 36.6 Å². The SMILES string of the molecule is O=C(c1csc(Nc2ccccn2)n1)N1CCCc2ccccc21. The van der Waals surface area contributed by atoms with E-state index in [2.05, 4.69) is 21.4 Å². The first kappa shape index (κ1) is 14.8. The van der Waals surface area contributed by atoms with Gasteiger partial charge in [-0.2, -0.15) is 0 Å². The molecule has 1 aromatic carbocycles. The fraction of sp³-hybridized carbons (Fsp3) is 0.167. The van der Waals surface area contributed by atoms with Gasteiger partial charge in [-0.3, -0.25) is 4.79 Å². The van der Waals surface area contributed by atoms with Gasteiger partial charge >= 0.3 is 0 Å². The highest BCUT2D eigenvalue weighted by atomic mass is 32.1. The molecule has 1 aliphatic heterocycles. The van der Waals surface area contributed by atoms with Crippen LogP contribution in [0.25, 0.3) is 0 Å². The van der Waals surface area contributed by atoms with E-state index in [1.54, 1.807) is 11.6 Å². The summed E-state index contributed by atoms with van der Waals surface area (Å²) in [7, 11) is 0. The minimum absolute atomic E-state index is 0.0486. The second-order valence-electron chi connectivity index (χ2n) is 5.57. The van der Waals surface area contributed by atoms with Gasteiger partial charge in [0.25, 0.3) is 5.91 Å². The topological polar surface area (TPSA) is 58.1 Å². The number of rotatable bonds is 3. The lowest BCUT2D eigenvalue weighted by molar-refractivity contribution is 0.0981. The minimum Gasteiger partial charge on any atom is -0.316 e. The van der Waals surface area contributed by atoms with E-state index in [0.29, 0.717) is 16.6 Å². The summed E-state index contributed by atoms with van der Waals surface area (Å²) < 4.78 is 0. The number of hydrogen-bond acceptors (Lipinski definition) is 5. The molecular formula is C18H16N4OS. The Bertz CT molecular complexity index is 862. The van der Waals surface area contributed by atoms with Crippen molar-refractivity contribution in [1.82, 2.24) is 9.97 Å². The highest BCUT2D eigenvalue weighted by molar-refractivity contribution is 7.14. The van der Waals surface area contributed by atoms with Crippen LogP contribution < -0.4 is 10.2 Å². The number of amides is 1. The number of benzene rings is 1. The number of fused-ring (bicyclic) bond motifs is 1. The quantitative estimate of drug-likeness (QED) is 0.789. The second-order valence-corrected chi connectivity index (χ2v) is 6.43. The summed E-state index contributed by atoms with van der Waals surface area (Å²) in [6.45, 7) is 0.733. The molecule has 0 atom stereocenters. The summed E-state index contributed by atoms with van der Waals surface area (Å²) in [5.74, 6) is 0.668. The molecule has 3 heterocycles. The molecule has 6 heteroatoms. The van der Waals surface area contributed by atoms with Crippen molar-refractivity contribution in [3.8, 4) is 0 Å². The number of pyridine rings is 1. The Hall–Kier alpha value is -2.73. The largest absolute Gasteiger partial charge is 0.316 e. The minimum atomic E-state index is -0.0486. The normalized spacial score (nSPS) is 13.4. The molecule has 0 saturated carbocycles. The fourth-order valence-corrected chi connectivity index (χ4v) is 3.55. The molecule has 5 nitrogen and oxygen atoms in total. The van der Waals surface area contributed by atoms with Gasteiger partial charge in [-0.15, -0.1) is 11.3 Å². The van der Waals surface area contributed by atoms with E-state index in [1.165, 1.54) is 16.9 Å². The van der Waals surface area contributed by atoms with Crippen molar-refractivity contribution in [3.63, 3.8) is 0 Å². The molecule has 3 aromatic rings. The molecule has 0 unspecified atom stereocenters. The standard InChI is InChI=1S/C18H16N4OS/c23-17(22-11-5-7-13-6-1-2-8-15(13)22)14-12-24-18(20-14)21-16-9-3-4-10-19-16/h1-4,6,8-10,12H,5,7,11H2,(H,19,20,21). The van der Waals surface area contributed by atoms with E-state index in [4.69, 9.17) is 0 Å². The van der Waals surface area contributed by atoms with Crippen LogP contribution in [-0.2, 0) is 6.42 Å². The molecule has 0 saturated heterocycles. The smallest absolute Gasteiger partial charge is 0.277 e. The van der Waals surface area contributed by atoms with Crippen LogP contribution in [0.3, 0.4) is 0 Å². The molecule has 24 heavy (non-hydrogen) atoms. The molecule has 4 rings (SSSR count). The number of carbonyl (C=O) groups excluding carboxylic acids is 1. The number of para-hydroxylation sites is 1. The molecule has 0 spiro atoms. The Morgan fingerprint density at radius 3 is 2.92 bits per heavy atom. The molecule has 0 fully saturated rings. The summed E-state index contributed by atoms with van der Waals surface area (Å²) in [6.07, 6.45) is 3.71. The van der Waals surface area contributed by atoms with E-state index in [9.17, 15) is 4.79 Å². The summed E-state index contributed by atoms with van der Waals surface area (Å²) in [5.41, 5.74) is 2.69. The fourth-order valence-electron chi connectivity index (χ4n) is 2.86. The van der Waals surface area contributed by atoms with Crippen molar-refractivity contribution in [2.75, 3.05) is 16.8 Å². The van der Waals surface area contributed by atoms with Gasteiger partial charge in [0.05, 0.1) is 0 Å². The molecule has 2 aromatic heterocycles. The van der Waals surface area contributed by atoms with Crippen molar-refractivity contribution in [2.45, 2.75) is 12.8 Å². The van der Waals surface area contributed by atoms with Gasteiger partial charge in [-0.1, -0.05) is 24.3 Å². The zero-order valence-electron chi connectivity index (χ0n) is 13.0. The molecule has 1 aliphatic rings. The number of hydrogen-bond donors (Lipinski definition) is 1. The van der Waals surface area contributed by atoms with Gasteiger partial charge in [0.15, 0.2) is 5.13 Å². The van der Waals surface area contributed by atoms with E-state index in [1.807, 2.05) is 41.3 Å². The average Bonchev–Trinajstić information content (AvgIpc) is 3.10.